The minimum absolute atomic E-state index is 0. The quantitative estimate of drug-likeness (QED) is 0.789. The smallest absolute Gasteiger partial charge is 0.254 e. The van der Waals surface area contributed by atoms with Gasteiger partial charge in [0.15, 0.2) is 0 Å². The van der Waals surface area contributed by atoms with Crippen molar-refractivity contribution < 1.29 is 9.53 Å². The lowest BCUT2D eigenvalue weighted by atomic mass is 9.89. The van der Waals surface area contributed by atoms with E-state index in [4.69, 9.17) is 4.74 Å². The van der Waals surface area contributed by atoms with Crippen LogP contribution in [-0.2, 0) is 11.2 Å². The molecule has 2 aliphatic rings. The van der Waals surface area contributed by atoms with E-state index < -0.39 is 0 Å². The first-order chi connectivity index (χ1) is 13.2. The summed E-state index contributed by atoms with van der Waals surface area (Å²) in [5, 5.41) is 0. The van der Waals surface area contributed by atoms with Gasteiger partial charge in [0.05, 0.1) is 18.8 Å². The standard InChI is InChI=1S/C22H27N3O2.ClH/c26-21(19-6-2-1-3-7-19)25-16-17-27-22(18-25)10-14-24(15-11-22)13-9-20-8-4-5-12-23-20;/h1-8,12H,9-11,13-18H2;1H. The molecule has 2 aliphatic heterocycles. The number of benzene rings is 1. The van der Waals surface area contributed by atoms with Crippen molar-refractivity contribution in [2.24, 2.45) is 0 Å². The molecule has 4 rings (SSSR count). The maximum absolute atomic E-state index is 12.8. The molecule has 0 aliphatic carbocycles. The second-order valence-corrected chi connectivity index (χ2v) is 7.54. The molecule has 0 atom stereocenters. The molecule has 1 aromatic heterocycles. The number of halogens is 1. The summed E-state index contributed by atoms with van der Waals surface area (Å²) >= 11 is 0. The first-order valence-corrected chi connectivity index (χ1v) is 9.85. The number of pyridine rings is 1. The number of carbonyl (C=O) groups is 1. The molecule has 0 bridgehead atoms. The number of carbonyl (C=O) groups excluding carboxylic acids is 1. The lowest BCUT2D eigenvalue weighted by Crippen LogP contribution is -2.58. The first kappa shape index (κ1) is 20.8. The Kier molecular flexibility index (Phi) is 7.05. The molecule has 1 aromatic carbocycles. The van der Waals surface area contributed by atoms with Gasteiger partial charge in [0.25, 0.3) is 5.91 Å². The zero-order valence-electron chi connectivity index (χ0n) is 16.1. The van der Waals surface area contributed by atoms with Gasteiger partial charge in [0, 0.05) is 50.1 Å². The van der Waals surface area contributed by atoms with Gasteiger partial charge in [-0.3, -0.25) is 9.78 Å². The van der Waals surface area contributed by atoms with E-state index in [9.17, 15) is 4.79 Å². The molecule has 1 amide bonds. The number of nitrogens with zero attached hydrogens (tertiary/aromatic N) is 3. The summed E-state index contributed by atoms with van der Waals surface area (Å²) in [4.78, 5) is 21.7. The third kappa shape index (κ3) is 4.90. The van der Waals surface area contributed by atoms with Gasteiger partial charge < -0.3 is 14.5 Å². The van der Waals surface area contributed by atoms with Crippen LogP contribution in [0.25, 0.3) is 0 Å². The predicted octanol–water partition coefficient (Wildman–Crippen LogP) is 3.05. The van der Waals surface area contributed by atoms with Crippen molar-refractivity contribution in [3.05, 3.63) is 66.0 Å². The number of hydrogen-bond donors (Lipinski definition) is 0. The number of amides is 1. The van der Waals surface area contributed by atoms with Crippen molar-refractivity contribution in [2.45, 2.75) is 24.9 Å². The van der Waals surface area contributed by atoms with Crippen LogP contribution in [-0.4, -0.2) is 65.6 Å². The Hall–Kier alpha value is -1.95. The number of likely N-dealkylation sites (tertiary alicyclic amines) is 1. The second kappa shape index (κ2) is 9.50. The monoisotopic (exact) mass is 401 g/mol. The highest BCUT2D eigenvalue weighted by atomic mass is 35.5. The zero-order chi connectivity index (χ0) is 18.5. The van der Waals surface area contributed by atoms with E-state index in [-0.39, 0.29) is 23.9 Å². The van der Waals surface area contributed by atoms with Gasteiger partial charge in [-0.2, -0.15) is 0 Å². The summed E-state index contributed by atoms with van der Waals surface area (Å²) < 4.78 is 6.20. The van der Waals surface area contributed by atoms with E-state index in [0.717, 1.165) is 50.2 Å². The third-order valence-corrected chi connectivity index (χ3v) is 5.73. The van der Waals surface area contributed by atoms with Crippen LogP contribution in [0.1, 0.15) is 28.9 Å². The molecule has 3 heterocycles. The van der Waals surface area contributed by atoms with Crippen molar-refractivity contribution in [2.75, 3.05) is 39.3 Å². The van der Waals surface area contributed by atoms with Crippen molar-refractivity contribution in [1.82, 2.24) is 14.8 Å². The van der Waals surface area contributed by atoms with Crippen molar-refractivity contribution in [3.8, 4) is 0 Å². The molecule has 2 fully saturated rings. The van der Waals surface area contributed by atoms with Crippen molar-refractivity contribution in [3.63, 3.8) is 0 Å². The molecule has 0 N–H and O–H groups in total. The summed E-state index contributed by atoms with van der Waals surface area (Å²) in [5.74, 6) is 0.121. The summed E-state index contributed by atoms with van der Waals surface area (Å²) in [7, 11) is 0. The Morgan fingerprint density at radius 1 is 1.04 bits per heavy atom. The van der Waals surface area contributed by atoms with Gasteiger partial charge in [0.1, 0.15) is 0 Å². The van der Waals surface area contributed by atoms with E-state index in [2.05, 4.69) is 16.0 Å². The van der Waals surface area contributed by atoms with Crippen LogP contribution >= 0.6 is 12.4 Å². The largest absolute Gasteiger partial charge is 0.371 e. The number of piperidine rings is 1. The van der Waals surface area contributed by atoms with Crippen LogP contribution in [0, 0.1) is 0 Å². The van der Waals surface area contributed by atoms with Crippen LogP contribution in [0.2, 0.25) is 0 Å². The molecule has 0 saturated carbocycles. The van der Waals surface area contributed by atoms with E-state index in [1.165, 1.54) is 0 Å². The fourth-order valence-electron chi connectivity index (χ4n) is 4.09. The van der Waals surface area contributed by atoms with Crippen LogP contribution in [0.5, 0.6) is 0 Å². The van der Waals surface area contributed by atoms with Crippen LogP contribution in [0.15, 0.2) is 54.7 Å². The molecule has 1 spiro atoms. The average molecular weight is 402 g/mol. The van der Waals surface area contributed by atoms with Crippen molar-refractivity contribution in [1.29, 1.82) is 0 Å². The van der Waals surface area contributed by atoms with Crippen LogP contribution in [0.4, 0.5) is 0 Å². The van der Waals surface area contributed by atoms with E-state index >= 15 is 0 Å². The van der Waals surface area contributed by atoms with E-state index in [0.29, 0.717) is 19.7 Å². The Morgan fingerprint density at radius 3 is 2.50 bits per heavy atom. The summed E-state index contributed by atoms with van der Waals surface area (Å²) in [6.07, 6.45) is 4.80. The van der Waals surface area contributed by atoms with Crippen LogP contribution < -0.4 is 0 Å². The second-order valence-electron chi connectivity index (χ2n) is 7.54. The summed E-state index contributed by atoms with van der Waals surface area (Å²) in [6.45, 7) is 5.07. The molecule has 5 nitrogen and oxygen atoms in total. The Balaban J connectivity index is 0.00000225. The predicted molar refractivity (Wildman–Crippen MR) is 112 cm³/mol. The normalized spacial score (nSPS) is 19.2. The number of rotatable bonds is 4. The van der Waals surface area contributed by atoms with Gasteiger partial charge in [-0.05, 0) is 37.1 Å². The Bertz CT molecular complexity index is 749. The summed E-state index contributed by atoms with van der Waals surface area (Å²) in [6, 6.07) is 15.7. The minimum Gasteiger partial charge on any atom is -0.371 e. The fraction of sp³-hybridized carbons (Fsp3) is 0.455. The lowest BCUT2D eigenvalue weighted by molar-refractivity contribution is -0.127. The SMILES string of the molecule is Cl.O=C(c1ccccc1)N1CCOC2(CCN(CCc3ccccn3)CC2)C1. The van der Waals surface area contributed by atoms with Gasteiger partial charge in [-0.25, -0.2) is 0 Å². The zero-order valence-corrected chi connectivity index (χ0v) is 16.9. The van der Waals surface area contributed by atoms with Gasteiger partial charge in [0.2, 0.25) is 0 Å². The van der Waals surface area contributed by atoms with Crippen LogP contribution in [0.3, 0.4) is 0 Å². The number of ether oxygens (including phenoxy) is 1. The fourth-order valence-corrected chi connectivity index (χ4v) is 4.09. The molecule has 0 unspecified atom stereocenters. The van der Waals surface area contributed by atoms with Crippen molar-refractivity contribution >= 4 is 18.3 Å². The molecule has 150 valence electrons. The topological polar surface area (TPSA) is 45.7 Å². The first-order valence-electron chi connectivity index (χ1n) is 9.85. The summed E-state index contributed by atoms with van der Waals surface area (Å²) in [5.41, 5.74) is 1.73. The molecule has 0 radical (unpaired) electrons. The number of morpholine rings is 1. The Morgan fingerprint density at radius 2 is 1.79 bits per heavy atom. The van der Waals surface area contributed by atoms with Gasteiger partial charge in [-0.15, -0.1) is 12.4 Å². The molecular weight excluding hydrogens is 374 g/mol. The Labute approximate surface area is 173 Å². The number of aromatic nitrogens is 1. The average Bonchev–Trinajstić information content (AvgIpc) is 2.74. The van der Waals surface area contributed by atoms with E-state index in [1.807, 2.05) is 53.6 Å². The highest BCUT2D eigenvalue weighted by Crippen LogP contribution is 2.30. The molecule has 2 aromatic rings. The third-order valence-electron chi connectivity index (χ3n) is 5.73. The molecule has 28 heavy (non-hydrogen) atoms. The minimum atomic E-state index is -0.176. The molecule has 6 heteroatoms. The van der Waals surface area contributed by atoms with E-state index in [1.54, 1.807) is 0 Å². The highest BCUT2D eigenvalue weighted by Gasteiger charge is 2.40. The van der Waals surface area contributed by atoms with Gasteiger partial charge >= 0.3 is 0 Å². The highest BCUT2D eigenvalue weighted by molar-refractivity contribution is 5.94. The van der Waals surface area contributed by atoms with Gasteiger partial charge in [-0.1, -0.05) is 24.3 Å². The molecular formula is C22H28ClN3O2. The molecule has 2 saturated heterocycles. The maximum atomic E-state index is 12.8. The number of hydrogen-bond acceptors (Lipinski definition) is 4. The maximum Gasteiger partial charge on any atom is 0.254 e. The lowest BCUT2D eigenvalue weighted by Gasteiger charge is -2.47.